The van der Waals surface area contributed by atoms with E-state index < -0.39 is 0 Å². The van der Waals surface area contributed by atoms with Gasteiger partial charge in [0.2, 0.25) is 5.91 Å². The minimum Gasteiger partial charge on any atom is -0.335 e. The number of rotatable bonds is 5. The van der Waals surface area contributed by atoms with E-state index in [-0.39, 0.29) is 5.41 Å². The highest BCUT2D eigenvalue weighted by atomic mass is 32.1. The van der Waals surface area contributed by atoms with Gasteiger partial charge in [-0.15, -0.1) is 0 Å². The molecule has 0 bridgehead atoms. The quantitative estimate of drug-likeness (QED) is 0.905. The van der Waals surface area contributed by atoms with E-state index in [1.165, 1.54) is 18.4 Å². The summed E-state index contributed by atoms with van der Waals surface area (Å²) in [6.45, 7) is 4.88. The lowest BCUT2D eigenvalue weighted by Gasteiger charge is -2.39. The Hall–Kier alpha value is -0.870. The van der Waals surface area contributed by atoms with Gasteiger partial charge in [-0.1, -0.05) is 6.92 Å². The molecule has 0 radical (unpaired) electrons. The van der Waals surface area contributed by atoms with Gasteiger partial charge in [0, 0.05) is 19.1 Å². The smallest absolute Gasteiger partial charge is 0.230 e. The van der Waals surface area contributed by atoms with Crippen molar-refractivity contribution in [3.05, 3.63) is 22.4 Å². The maximum atomic E-state index is 13.1. The van der Waals surface area contributed by atoms with Crippen molar-refractivity contribution in [2.75, 3.05) is 13.1 Å². The number of hydrogen-bond acceptors (Lipinski definition) is 3. The van der Waals surface area contributed by atoms with Crippen LogP contribution in [0.4, 0.5) is 0 Å². The van der Waals surface area contributed by atoms with Crippen molar-refractivity contribution in [2.24, 2.45) is 5.41 Å². The van der Waals surface area contributed by atoms with E-state index in [1.807, 2.05) is 0 Å². The molecule has 1 N–H and O–H groups in total. The van der Waals surface area contributed by atoms with Crippen molar-refractivity contribution in [1.82, 2.24) is 10.2 Å². The van der Waals surface area contributed by atoms with E-state index >= 15 is 0 Å². The van der Waals surface area contributed by atoms with Gasteiger partial charge in [-0.2, -0.15) is 11.3 Å². The van der Waals surface area contributed by atoms with Crippen LogP contribution in [0.3, 0.4) is 0 Å². The van der Waals surface area contributed by atoms with Crippen LogP contribution in [0, 0.1) is 5.41 Å². The first-order valence-electron chi connectivity index (χ1n) is 7.78. The Morgan fingerprint density at radius 3 is 2.95 bits per heavy atom. The number of carbonyl (C=O) groups excluding carboxylic acids is 1. The SMILES string of the molecule is CCC1(C(=O)N(Cc2ccsc2)C2CC2)CCCNC1. The lowest BCUT2D eigenvalue weighted by atomic mass is 9.77. The van der Waals surface area contributed by atoms with Gasteiger partial charge < -0.3 is 10.2 Å². The van der Waals surface area contributed by atoms with E-state index in [9.17, 15) is 4.79 Å². The number of piperidine rings is 1. The minimum absolute atomic E-state index is 0.156. The van der Waals surface area contributed by atoms with Crippen LogP contribution in [-0.4, -0.2) is 29.9 Å². The topological polar surface area (TPSA) is 32.3 Å². The van der Waals surface area contributed by atoms with Gasteiger partial charge in [0.05, 0.1) is 5.41 Å². The first kappa shape index (κ1) is 14.1. The summed E-state index contributed by atoms with van der Waals surface area (Å²) in [6.07, 6.45) is 5.48. The molecule has 1 amide bonds. The largest absolute Gasteiger partial charge is 0.335 e. The van der Waals surface area contributed by atoms with Gasteiger partial charge in [-0.05, 0) is 61.0 Å². The van der Waals surface area contributed by atoms with Crippen LogP contribution in [0.25, 0.3) is 0 Å². The van der Waals surface area contributed by atoms with Gasteiger partial charge in [-0.25, -0.2) is 0 Å². The molecule has 3 rings (SSSR count). The summed E-state index contributed by atoms with van der Waals surface area (Å²) in [7, 11) is 0. The van der Waals surface area contributed by atoms with Crippen LogP contribution < -0.4 is 5.32 Å². The maximum Gasteiger partial charge on any atom is 0.230 e. The van der Waals surface area contributed by atoms with E-state index in [1.54, 1.807) is 11.3 Å². The molecule has 1 saturated heterocycles. The van der Waals surface area contributed by atoms with Crippen LogP contribution in [0.1, 0.15) is 44.6 Å². The van der Waals surface area contributed by atoms with Crippen molar-refractivity contribution in [1.29, 1.82) is 0 Å². The summed E-state index contributed by atoms with van der Waals surface area (Å²) in [5.41, 5.74) is 1.13. The summed E-state index contributed by atoms with van der Waals surface area (Å²) in [6, 6.07) is 2.64. The third kappa shape index (κ3) is 2.77. The summed E-state index contributed by atoms with van der Waals surface area (Å²) >= 11 is 1.72. The Labute approximate surface area is 125 Å². The van der Waals surface area contributed by atoms with Gasteiger partial charge in [0.15, 0.2) is 0 Å². The fourth-order valence-electron chi connectivity index (χ4n) is 3.24. The Balaban J connectivity index is 1.77. The first-order valence-corrected chi connectivity index (χ1v) is 8.72. The Morgan fingerprint density at radius 2 is 2.40 bits per heavy atom. The van der Waals surface area contributed by atoms with Gasteiger partial charge in [0.25, 0.3) is 0 Å². The highest BCUT2D eigenvalue weighted by Gasteiger charge is 2.44. The Kier molecular flexibility index (Phi) is 4.13. The molecule has 4 heteroatoms. The van der Waals surface area contributed by atoms with Gasteiger partial charge in [0.1, 0.15) is 0 Å². The molecule has 1 unspecified atom stereocenters. The molecular weight excluding hydrogens is 268 g/mol. The highest BCUT2D eigenvalue weighted by molar-refractivity contribution is 7.07. The van der Waals surface area contributed by atoms with Crippen LogP contribution >= 0.6 is 11.3 Å². The molecule has 1 aliphatic heterocycles. The second kappa shape index (κ2) is 5.86. The van der Waals surface area contributed by atoms with E-state index in [2.05, 4.69) is 34.0 Å². The Bertz CT molecular complexity index is 447. The summed E-state index contributed by atoms with van der Waals surface area (Å²) in [4.78, 5) is 15.3. The molecule has 1 aromatic rings. The van der Waals surface area contributed by atoms with Crippen molar-refractivity contribution >= 4 is 17.2 Å². The molecule has 1 aromatic heterocycles. The molecule has 20 heavy (non-hydrogen) atoms. The Morgan fingerprint density at radius 1 is 1.55 bits per heavy atom. The number of nitrogens with one attached hydrogen (secondary N) is 1. The van der Waals surface area contributed by atoms with Crippen molar-refractivity contribution in [3.63, 3.8) is 0 Å². The lowest BCUT2D eigenvalue weighted by Crippen LogP contribution is -2.52. The predicted octanol–water partition coefficient (Wildman–Crippen LogP) is 3.02. The summed E-state index contributed by atoms with van der Waals surface area (Å²) < 4.78 is 0. The van der Waals surface area contributed by atoms with Crippen molar-refractivity contribution < 1.29 is 4.79 Å². The normalized spacial score (nSPS) is 26.4. The molecule has 1 atom stereocenters. The van der Waals surface area contributed by atoms with Crippen LogP contribution in [-0.2, 0) is 11.3 Å². The molecule has 2 aliphatic rings. The third-order valence-electron chi connectivity index (χ3n) is 4.78. The van der Waals surface area contributed by atoms with E-state index in [4.69, 9.17) is 0 Å². The average molecular weight is 292 g/mol. The predicted molar refractivity (Wildman–Crippen MR) is 82.7 cm³/mol. The third-order valence-corrected chi connectivity index (χ3v) is 5.52. The summed E-state index contributed by atoms with van der Waals surface area (Å²) in [5.74, 6) is 0.390. The van der Waals surface area contributed by atoms with Crippen LogP contribution in [0.2, 0.25) is 0 Å². The average Bonchev–Trinajstić information content (AvgIpc) is 3.21. The molecule has 3 nitrogen and oxygen atoms in total. The number of carbonyl (C=O) groups is 1. The molecule has 1 aliphatic carbocycles. The van der Waals surface area contributed by atoms with Crippen molar-refractivity contribution in [3.8, 4) is 0 Å². The van der Waals surface area contributed by atoms with E-state index in [0.717, 1.165) is 38.9 Å². The summed E-state index contributed by atoms with van der Waals surface area (Å²) in [5, 5.41) is 7.70. The molecule has 2 heterocycles. The molecule has 0 aromatic carbocycles. The molecule has 110 valence electrons. The number of nitrogens with zero attached hydrogens (tertiary/aromatic N) is 1. The lowest BCUT2D eigenvalue weighted by molar-refractivity contribution is -0.145. The number of amides is 1. The second-order valence-electron chi connectivity index (χ2n) is 6.21. The number of hydrogen-bond donors (Lipinski definition) is 1. The fraction of sp³-hybridized carbons (Fsp3) is 0.688. The molecular formula is C16H24N2OS. The second-order valence-corrected chi connectivity index (χ2v) is 6.99. The zero-order valence-electron chi connectivity index (χ0n) is 12.2. The van der Waals surface area contributed by atoms with Crippen LogP contribution in [0.15, 0.2) is 16.8 Å². The van der Waals surface area contributed by atoms with Gasteiger partial charge in [-0.3, -0.25) is 4.79 Å². The first-order chi connectivity index (χ1) is 9.75. The van der Waals surface area contributed by atoms with Crippen molar-refractivity contribution in [2.45, 2.75) is 51.6 Å². The highest BCUT2D eigenvalue weighted by Crippen LogP contribution is 2.37. The monoisotopic (exact) mass is 292 g/mol. The molecule has 1 saturated carbocycles. The molecule has 0 spiro atoms. The van der Waals surface area contributed by atoms with Gasteiger partial charge >= 0.3 is 0 Å². The standard InChI is InChI=1S/C16H24N2OS/c1-2-16(7-3-8-17-12-16)15(19)18(14-4-5-14)10-13-6-9-20-11-13/h6,9,11,14,17H,2-5,7-8,10,12H2,1H3. The fourth-order valence-corrected chi connectivity index (χ4v) is 3.90. The zero-order chi connectivity index (χ0) is 14.0. The minimum atomic E-state index is -0.156. The maximum absolute atomic E-state index is 13.1. The molecule has 2 fully saturated rings. The van der Waals surface area contributed by atoms with E-state index in [0.29, 0.717) is 11.9 Å². The van der Waals surface area contributed by atoms with Crippen LogP contribution in [0.5, 0.6) is 0 Å². The zero-order valence-corrected chi connectivity index (χ0v) is 13.0. The number of thiophene rings is 1.